The number of aryl methyl sites for hydroxylation is 1. The Hall–Kier alpha value is -1.19. The third kappa shape index (κ3) is 7.59. The molecule has 0 aliphatic heterocycles. The van der Waals surface area contributed by atoms with Gasteiger partial charge in [0.15, 0.2) is 5.78 Å². The van der Waals surface area contributed by atoms with Gasteiger partial charge in [0, 0.05) is 17.5 Å². The molecule has 1 unspecified atom stereocenters. The molecule has 0 heterocycles. The minimum Gasteiger partial charge on any atom is -0.394 e. The maximum atomic E-state index is 12.2. The van der Waals surface area contributed by atoms with E-state index in [1.54, 1.807) is 0 Å². The zero-order valence-electron chi connectivity index (χ0n) is 15.5. The van der Waals surface area contributed by atoms with Crippen LogP contribution in [0.15, 0.2) is 24.3 Å². The minimum atomic E-state index is -0.484. The number of benzene rings is 1. The monoisotopic (exact) mass is 333 g/mol. The average molecular weight is 334 g/mol. The second kappa shape index (κ2) is 11.4. The van der Waals surface area contributed by atoms with Crippen molar-refractivity contribution in [2.75, 3.05) is 6.61 Å². The lowest BCUT2D eigenvalue weighted by Gasteiger charge is -2.26. The maximum Gasteiger partial charge on any atom is 0.162 e. The number of carbonyl (C=O) groups is 1. The second-order valence-electron chi connectivity index (χ2n) is 7.05. The van der Waals surface area contributed by atoms with E-state index < -0.39 is 5.54 Å². The highest BCUT2D eigenvalue weighted by atomic mass is 16.3. The van der Waals surface area contributed by atoms with Crippen LogP contribution in [0.5, 0.6) is 0 Å². The molecule has 0 bridgehead atoms. The number of aliphatic hydroxyl groups excluding tert-OH is 1. The first-order valence-electron chi connectivity index (χ1n) is 9.56. The molecule has 0 spiro atoms. The number of rotatable bonds is 13. The Bertz CT molecular complexity index is 469. The standard InChI is InChI=1S/C21H35NO2/c1-3-5-6-7-8-9-20(24)19-12-10-18(11-13-19)14-16-21(22,17-23)15-4-2/h10-13,23H,3-9,14-17,22H2,1-2H3. The van der Waals surface area contributed by atoms with Gasteiger partial charge >= 0.3 is 0 Å². The SMILES string of the molecule is CCCCCCCC(=O)c1ccc(CCC(N)(CO)CCC)cc1. The van der Waals surface area contributed by atoms with Crippen LogP contribution < -0.4 is 5.73 Å². The molecule has 24 heavy (non-hydrogen) atoms. The molecule has 0 radical (unpaired) electrons. The highest BCUT2D eigenvalue weighted by Crippen LogP contribution is 2.18. The third-order valence-corrected chi connectivity index (χ3v) is 4.76. The van der Waals surface area contributed by atoms with E-state index in [0.717, 1.165) is 44.1 Å². The van der Waals surface area contributed by atoms with Crippen molar-refractivity contribution in [3.8, 4) is 0 Å². The molecule has 0 saturated carbocycles. The second-order valence-corrected chi connectivity index (χ2v) is 7.05. The first kappa shape index (κ1) is 20.9. The van der Waals surface area contributed by atoms with Gasteiger partial charge in [0.2, 0.25) is 0 Å². The molecule has 0 aliphatic carbocycles. The van der Waals surface area contributed by atoms with Gasteiger partial charge in [-0.25, -0.2) is 0 Å². The summed E-state index contributed by atoms with van der Waals surface area (Å²) in [5, 5.41) is 9.48. The molecule has 1 aromatic rings. The van der Waals surface area contributed by atoms with Crippen LogP contribution in [0, 0.1) is 0 Å². The minimum absolute atomic E-state index is 0.0233. The normalized spacial score (nSPS) is 13.7. The highest BCUT2D eigenvalue weighted by Gasteiger charge is 2.22. The summed E-state index contributed by atoms with van der Waals surface area (Å²) in [6.45, 7) is 4.31. The highest BCUT2D eigenvalue weighted by molar-refractivity contribution is 5.96. The van der Waals surface area contributed by atoms with Crippen molar-refractivity contribution in [2.45, 2.75) is 83.6 Å². The van der Waals surface area contributed by atoms with Crippen LogP contribution >= 0.6 is 0 Å². The molecule has 0 fully saturated rings. The number of ketones is 1. The fraction of sp³-hybridized carbons (Fsp3) is 0.667. The lowest BCUT2D eigenvalue weighted by atomic mass is 9.88. The molecule has 3 nitrogen and oxygen atoms in total. The summed E-state index contributed by atoms with van der Waals surface area (Å²) in [5.74, 6) is 0.243. The van der Waals surface area contributed by atoms with E-state index >= 15 is 0 Å². The largest absolute Gasteiger partial charge is 0.394 e. The van der Waals surface area contributed by atoms with Crippen molar-refractivity contribution in [2.24, 2.45) is 5.73 Å². The van der Waals surface area contributed by atoms with Crippen molar-refractivity contribution in [3.63, 3.8) is 0 Å². The summed E-state index contributed by atoms with van der Waals surface area (Å²) >= 11 is 0. The molecular formula is C21H35NO2. The molecule has 3 heteroatoms. The van der Waals surface area contributed by atoms with Crippen LogP contribution in [-0.2, 0) is 6.42 Å². The van der Waals surface area contributed by atoms with Crippen molar-refractivity contribution in [3.05, 3.63) is 35.4 Å². The fourth-order valence-corrected chi connectivity index (χ4v) is 3.07. The zero-order valence-corrected chi connectivity index (χ0v) is 15.5. The van der Waals surface area contributed by atoms with Gasteiger partial charge < -0.3 is 10.8 Å². The smallest absolute Gasteiger partial charge is 0.162 e. The first-order valence-corrected chi connectivity index (χ1v) is 9.56. The number of aliphatic hydroxyl groups is 1. The van der Waals surface area contributed by atoms with Gasteiger partial charge in [-0.1, -0.05) is 70.2 Å². The maximum absolute atomic E-state index is 12.2. The molecule has 0 saturated heterocycles. The van der Waals surface area contributed by atoms with Gasteiger partial charge in [0.25, 0.3) is 0 Å². The van der Waals surface area contributed by atoms with Crippen LogP contribution in [0.1, 0.15) is 87.6 Å². The number of carbonyl (C=O) groups excluding carboxylic acids is 1. The van der Waals surface area contributed by atoms with Crippen molar-refractivity contribution >= 4 is 5.78 Å². The first-order chi connectivity index (χ1) is 11.5. The quantitative estimate of drug-likeness (QED) is 0.408. The Balaban J connectivity index is 2.43. The van der Waals surface area contributed by atoms with Crippen LogP contribution in [0.3, 0.4) is 0 Å². The Kier molecular flexibility index (Phi) is 9.89. The summed E-state index contributed by atoms with van der Waals surface area (Å²) in [6, 6.07) is 7.91. The Morgan fingerprint density at radius 3 is 2.25 bits per heavy atom. The van der Waals surface area contributed by atoms with E-state index in [4.69, 9.17) is 5.73 Å². The lowest BCUT2D eigenvalue weighted by molar-refractivity contribution is 0.0979. The lowest BCUT2D eigenvalue weighted by Crippen LogP contribution is -2.43. The predicted molar refractivity (Wildman–Crippen MR) is 101 cm³/mol. The van der Waals surface area contributed by atoms with Crippen molar-refractivity contribution in [1.82, 2.24) is 0 Å². The summed E-state index contributed by atoms with van der Waals surface area (Å²) in [5.41, 5.74) is 7.72. The predicted octanol–water partition coefficient (Wildman–Crippen LogP) is 4.65. The molecule has 1 atom stereocenters. The van der Waals surface area contributed by atoms with Gasteiger partial charge in [0.05, 0.1) is 6.61 Å². The number of Topliss-reactive ketones (excluding diaryl/α,β-unsaturated/α-hetero) is 1. The molecule has 136 valence electrons. The van der Waals surface area contributed by atoms with Gasteiger partial charge in [-0.05, 0) is 31.2 Å². The number of nitrogens with two attached hydrogens (primary N) is 1. The van der Waals surface area contributed by atoms with Crippen LogP contribution in [0.25, 0.3) is 0 Å². The topological polar surface area (TPSA) is 63.3 Å². The van der Waals surface area contributed by atoms with Gasteiger partial charge in [0.1, 0.15) is 0 Å². The van der Waals surface area contributed by atoms with Crippen LogP contribution in [0.4, 0.5) is 0 Å². The van der Waals surface area contributed by atoms with E-state index in [9.17, 15) is 9.90 Å². The zero-order chi connectivity index (χ0) is 17.8. The number of hydrogen-bond acceptors (Lipinski definition) is 3. The summed E-state index contributed by atoms with van der Waals surface area (Å²) in [6.07, 6.45) is 9.91. The molecule has 1 aromatic carbocycles. The Morgan fingerprint density at radius 1 is 1.00 bits per heavy atom. The van der Waals surface area contributed by atoms with Gasteiger partial charge in [-0.15, -0.1) is 0 Å². The third-order valence-electron chi connectivity index (χ3n) is 4.76. The van der Waals surface area contributed by atoms with Gasteiger partial charge in [-0.3, -0.25) is 4.79 Å². The summed E-state index contributed by atoms with van der Waals surface area (Å²) in [7, 11) is 0. The Morgan fingerprint density at radius 2 is 1.67 bits per heavy atom. The average Bonchev–Trinajstić information content (AvgIpc) is 2.60. The molecule has 1 rings (SSSR count). The number of unbranched alkanes of at least 4 members (excludes halogenated alkanes) is 4. The van der Waals surface area contributed by atoms with Gasteiger partial charge in [-0.2, -0.15) is 0 Å². The van der Waals surface area contributed by atoms with Crippen LogP contribution in [0.2, 0.25) is 0 Å². The summed E-state index contributed by atoms with van der Waals surface area (Å²) in [4.78, 5) is 12.2. The fourth-order valence-electron chi connectivity index (χ4n) is 3.07. The summed E-state index contributed by atoms with van der Waals surface area (Å²) < 4.78 is 0. The molecule has 0 aliphatic rings. The number of hydrogen-bond donors (Lipinski definition) is 2. The van der Waals surface area contributed by atoms with E-state index in [1.165, 1.54) is 24.8 Å². The molecule has 0 amide bonds. The van der Waals surface area contributed by atoms with E-state index in [1.807, 2.05) is 24.3 Å². The van der Waals surface area contributed by atoms with Crippen molar-refractivity contribution < 1.29 is 9.90 Å². The van der Waals surface area contributed by atoms with E-state index in [0.29, 0.717) is 6.42 Å². The van der Waals surface area contributed by atoms with E-state index in [-0.39, 0.29) is 12.4 Å². The van der Waals surface area contributed by atoms with Crippen molar-refractivity contribution in [1.29, 1.82) is 0 Å². The van der Waals surface area contributed by atoms with E-state index in [2.05, 4.69) is 13.8 Å². The molecule has 0 aromatic heterocycles. The molecular weight excluding hydrogens is 298 g/mol. The Labute approximate surface area is 147 Å². The molecule has 3 N–H and O–H groups in total. The van der Waals surface area contributed by atoms with Crippen LogP contribution in [-0.4, -0.2) is 23.0 Å².